The van der Waals surface area contributed by atoms with Crippen LogP contribution in [0, 0.1) is 34.5 Å². The molecule has 0 spiro atoms. The fourth-order valence-electron chi connectivity index (χ4n) is 8.02. The van der Waals surface area contributed by atoms with E-state index in [4.69, 9.17) is 0 Å². The normalized spacial score (nSPS) is 46.9. The van der Waals surface area contributed by atoms with Crippen molar-refractivity contribution in [1.82, 2.24) is 4.98 Å². The van der Waals surface area contributed by atoms with Crippen molar-refractivity contribution in [1.29, 1.82) is 0 Å². The predicted octanol–water partition coefficient (Wildman–Crippen LogP) is 4.49. The lowest BCUT2D eigenvalue weighted by Gasteiger charge is -2.61. The van der Waals surface area contributed by atoms with Gasteiger partial charge in [0.25, 0.3) is 0 Å². The maximum absolute atomic E-state index is 11.3. The van der Waals surface area contributed by atoms with Gasteiger partial charge >= 0.3 is 5.97 Å². The first-order valence-electron chi connectivity index (χ1n) is 11.1. The smallest absolute Gasteiger partial charge is 0.354 e. The Hall–Kier alpha value is -1.42. The first-order chi connectivity index (χ1) is 13.2. The minimum Gasteiger partial charge on any atom is -0.477 e. The summed E-state index contributed by atoms with van der Waals surface area (Å²) in [5.74, 6) is 1.75. The molecule has 4 heteroatoms. The highest BCUT2D eigenvalue weighted by Gasteiger charge is 2.63. The van der Waals surface area contributed by atoms with Gasteiger partial charge in [0.1, 0.15) is 5.69 Å². The molecule has 0 radical (unpaired) electrons. The van der Waals surface area contributed by atoms with Gasteiger partial charge in [0.05, 0.1) is 5.60 Å². The molecular formula is C24H33NO3. The Morgan fingerprint density at radius 1 is 1.07 bits per heavy atom. The molecule has 152 valence electrons. The SMILES string of the molecule is C[C@]1(O)CCC2C3CC[C@H]4Cc5nc(C(=O)O)ccc5C[C@]4(C)C3CC[C@@]21C. The molecule has 0 saturated heterocycles. The number of rotatable bonds is 1. The second-order valence-electron chi connectivity index (χ2n) is 10.9. The average molecular weight is 384 g/mol. The van der Waals surface area contributed by atoms with Gasteiger partial charge in [-0.15, -0.1) is 0 Å². The van der Waals surface area contributed by atoms with E-state index in [1.807, 2.05) is 6.07 Å². The number of nitrogens with zero attached hydrogens (tertiary/aromatic N) is 1. The molecule has 1 heterocycles. The molecule has 2 N–H and O–H groups in total. The van der Waals surface area contributed by atoms with E-state index in [0.717, 1.165) is 37.3 Å². The number of pyridine rings is 1. The summed E-state index contributed by atoms with van der Waals surface area (Å²) in [5, 5.41) is 20.4. The van der Waals surface area contributed by atoms with E-state index < -0.39 is 11.6 Å². The second kappa shape index (κ2) is 5.81. The Morgan fingerprint density at radius 3 is 2.57 bits per heavy atom. The lowest BCUT2D eigenvalue weighted by molar-refractivity contribution is -0.139. The highest BCUT2D eigenvalue weighted by Crippen LogP contribution is 2.67. The van der Waals surface area contributed by atoms with Gasteiger partial charge in [-0.05, 0) is 104 Å². The summed E-state index contributed by atoms with van der Waals surface area (Å²) in [6, 6.07) is 3.70. The zero-order valence-corrected chi connectivity index (χ0v) is 17.4. The molecule has 0 amide bonds. The Kier molecular flexibility index (Phi) is 3.86. The topological polar surface area (TPSA) is 70.4 Å². The van der Waals surface area contributed by atoms with Crippen molar-refractivity contribution < 1.29 is 15.0 Å². The Balaban J connectivity index is 1.48. The van der Waals surface area contributed by atoms with Crippen LogP contribution in [0.4, 0.5) is 0 Å². The van der Waals surface area contributed by atoms with Gasteiger partial charge in [-0.3, -0.25) is 0 Å². The van der Waals surface area contributed by atoms with Crippen LogP contribution < -0.4 is 0 Å². The summed E-state index contributed by atoms with van der Waals surface area (Å²) in [6.07, 6.45) is 8.90. The van der Waals surface area contributed by atoms with Crippen molar-refractivity contribution in [3.05, 3.63) is 29.1 Å². The van der Waals surface area contributed by atoms with Crippen LogP contribution in [-0.4, -0.2) is 26.8 Å². The van der Waals surface area contributed by atoms with Gasteiger partial charge in [0.15, 0.2) is 0 Å². The minimum absolute atomic E-state index is 0.0713. The van der Waals surface area contributed by atoms with Gasteiger partial charge in [-0.2, -0.15) is 0 Å². The Bertz CT molecular complexity index is 833. The van der Waals surface area contributed by atoms with E-state index in [2.05, 4.69) is 25.8 Å². The third kappa shape index (κ3) is 2.33. The monoisotopic (exact) mass is 383 g/mol. The summed E-state index contributed by atoms with van der Waals surface area (Å²) < 4.78 is 0. The summed E-state index contributed by atoms with van der Waals surface area (Å²) >= 11 is 0. The number of carboxylic acids is 1. The lowest BCUT2D eigenvalue weighted by atomic mass is 9.44. The fraction of sp³-hybridized carbons (Fsp3) is 0.750. The first kappa shape index (κ1) is 18.6. The maximum atomic E-state index is 11.3. The van der Waals surface area contributed by atoms with E-state index in [1.165, 1.54) is 31.2 Å². The zero-order valence-electron chi connectivity index (χ0n) is 17.4. The third-order valence-electron chi connectivity index (χ3n) is 9.93. The zero-order chi connectivity index (χ0) is 19.9. The molecule has 5 rings (SSSR count). The summed E-state index contributed by atoms with van der Waals surface area (Å²) in [6.45, 7) is 6.92. The molecule has 3 unspecified atom stereocenters. The van der Waals surface area contributed by atoms with Crippen molar-refractivity contribution in [2.24, 2.45) is 34.5 Å². The molecule has 1 aromatic rings. The van der Waals surface area contributed by atoms with E-state index in [1.54, 1.807) is 6.07 Å². The molecule has 7 atom stereocenters. The minimum atomic E-state index is -0.931. The molecule has 0 aromatic carbocycles. The van der Waals surface area contributed by atoms with Crippen LogP contribution in [0.3, 0.4) is 0 Å². The van der Waals surface area contributed by atoms with Crippen molar-refractivity contribution >= 4 is 5.97 Å². The number of aromatic nitrogens is 1. The molecule has 4 nitrogen and oxygen atoms in total. The van der Waals surface area contributed by atoms with E-state index in [-0.39, 0.29) is 16.5 Å². The van der Waals surface area contributed by atoms with Gasteiger partial charge in [0, 0.05) is 5.69 Å². The third-order valence-corrected chi connectivity index (χ3v) is 9.93. The second-order valence-corrected chi connectivity index (χ2v) is 10.9. The van der Waals surface area contributed by atoms with Crippen molar-refractivity contribution in [3.63, 3.8) is 0 Å². The van der Waals surface area contributed by atoms with Gasteiger partial charge in [-0.25, -0.2) is 9.78 Å². The van der Waals surface area contributed by atoms with Crippen LogP contribution >= 0.6 is 0 Å². The van der Waals surface area contributed by atoms with E-state index >= 15 is 0 Å². The van der Waals surface area contributed by atoms with Crippen LogP contribution in [0.15, 0.2) is 12.1 Å². The molecule has 3 saturated carbocycles. The molecule has 0 aliphatic heterocycles. The number of hydrogen-bond acceptors (Lipinski definition) is 3. The Labute approximate surface area is 167 Å². The lowest BCUT2D eigenvalue weighted by Crippen LogP contribution is -2.56. The van der Waals surface area contributed by atoms with E-state index in [9.17, 15) is 15.0 Å². The number of hydrogen-bond donors (Lipinski definition) is 2. The van der Waals surface area contributed by atoms with Crippen LogP contribution in [0.2, 0.25) is 0 Å². The van der Waals surface area contributed by atoms with Crippen LogP contribution in [0.1, 0.15) is 81.0 Å². The molecular weight excluding hydrogens is 350 g/mol. The molecule has 3 fully saturated rings. The predicted molar refractivity (Wildman–Crippen MR) is 107 cm³/mol. The Morgan fingerprint density at radius 2 is 1.82 bits per heavy atom. The van der Waals surface area contributed by atoms with Crippen LogP contribution in [0.5, 0.6) is 0 Å². The maximum Gasteiger partial charge on any atom is 0.354 e. The fourth-order valence-corrected chi connectivity index (χ4v) is 8.02. The average Bonchev–Trinajstić information content (AvgIpc) is 2.88. The van der Waals surface area contributed by atoms with Crippen LogP contribution in [-0.2, 0) is 12.8 Å². The number of aliphatic hydroxyl groups is 1. The number of carboxylic acid groups (broad SMARTS) is 1. The molecule has 28 heavy (non-hydrogen) atoms. The van der Waals surface area contributed by atoms with Gasteiger partial charge in [0.2, 0.25) is 0 Å². The highest BCUT2D eigenvalue weighted by molar-refractivity contribution is 5.85. The number of fused-ring (bicyclic) bond motifs is 6. The van der Waals surface area contributed by atoms with Crippen molar-refractivity contribution in [2.45, 2.75) is 77.7 Å². The molecule has 4 aliphatic carbocycles. The molecule has 0 bridgehead atoms. The van der Waals surface area contributed by atoms with Crippen molar-refractivity contribution in [3.8, 4) is 0 Å². The quantitative estimate of drug-likeness (QED) is 0.750. The highest BCUT2D eigenvalue weighted by atomic mass is 16.4. The summed E-state index contributed by atoms with van der Waals surface area (Å²) in [5.41, 5.74) is 2.29. The van der Waals surface area contributed by atoms with E-state index in [0.29, 0.717) is 17.8 Å². The molecule has 4 aliphatic rings. The van der Waals surface area contributed by atoms with Crippen molar-refractivity contribution in [2.75, 3.05) is 0 Å². The number of aromatic carboxylic acids is 1. The van der Waals surface area contributed by atoms with Gasteiger partial charge in [-0.1, -0.05) is 19.9 Å². The largest absolute Gasteiger partial charge is 0.477 e. The molecule has 1 aromatic heterocycles. The van der Waals surface area contributed by atoms with Gasteiger partial charge < -0.3 is 10.2 Å². The standard InChI is InChI=1S/C24H33NO3/c1-22-13-14-4-7-19(21(26)27)25-20(14)12-15(22)5-6-16-17(22)8-10-23(2)18(16)9-11-24(23,3)28/h4,7,15-18,28H,5-6,8-13H2,1-3H3,(H,26,27)/t15-,16?,17?,18?,22-,23-,24-/m0/s1. The first-order valence-corrected chi connectivity index (χ1v) is 11.1. The van der Waals surface area contributed by atoms with Crippen LogP contribution in [0.25, 0.3) is 0 Å². The summed E-state index contributed by atoms with van der Waals surface area (Å²) in [7, 11) is 0. The summed E-state index contributed by atoms with van der Waals surface area (Å²) in [4.78, 5) is 15.8. The number of carbonyl (C=O) groups is 1.